The minimum atomic E-state index is -0.0521. The fraction of sp³-hybridized carbons (Fsp3) is 0. The zero-order valence-electron chi connectivity index (χ0n) is 7.87. The molecule has 0 heterocycles. The van der Waals surface area contributed by atoms with E-state index in [1.807, 2.05) is 24.3 Å². The zero-order valence-corrected chi connectivity index (χ0v) is 7.87. The van der Waals surface area contributed by atoms with Crippen LogP contribution >= 0.6 is 0 Å². The van der Waals surface area contributed by atoms with Gasteiger partial charge < -0.3 is 5.11 Å². The number of benzene rings is 2. The Bertz CT molecular complexity index is 387. The first kappa shape index (κ1) is 12.7. The summed E-state index contributed by atoms with van der Waals surface area (Å²) in [4.78, 5) is 0. The van der Waals surface area contributed by atoms with Crippen LogP contribution in [0.15, 0.2) is 36.4 Å². The van der Waals surface area contributed by atoms with Crippen molar-refractivity contribution >= 4 is 10.8 Å². The van der Waals surface area contributed by atoms with E-state index in [-0.39, 0.29) is 43.5 Å². The Morgan fingerprint density at radius 1 is 1.00 bits per heavy atom. The molecule has 0 N–H and O–H groups in total. The third kappa shape index (κ3) is 2.83. The molecular weight excluding hydrogens is 150 g/mol. The van der Waals surface area contributed by atoms with Crippen LogP contribution in [0.2, 0.25) is 0 Å². The molecule has 0 aliphatic carbocycles. The van der Waals surface area contributed by atoms with E-state index >= 15 is 0 Å². The van der Waals surface area contributed by atoms with Gasteiger partial charge in [-0.25, -0.2) is 5.75 Å². The molecule has 0 saturated carbocycles. The molecule has 0 amide bonds. The first-order valence-corrected chi connectivity index (χ1v) is 3.44. The van der Waals surface area contributed by atoms with Crippen LogP contribution in [0.5, 0.6) is 5.75 Å². The van der Waals surface area contributed by atoms with Crippen molar-refractivity contribution in [2.24, 2.45) is 0 Å². The van der Waals surface area contributed by atoms with E-state index in [9.17, 15) is 5.11 Å². The van der Waals surface area contributed by atoms with E-state index in [4.69, 9.17) is 0 Å². The summed E-state index contributed by atoms with van der Waals surface area (Å²) < 4.78 is 0. The molecular formula is C10H6Li2O. The van der Waals surface area contributed by atoms with Crippen LogP contribution in [0, 0.1) is 6.07 Å². The number of rotatable bonds is 0. The van der Waals surface area contributed by atoms with E-state index in [0.717, 1.165) is 10.8 Å². The topological polar surface area (TPSA) is 23.1 Å². The molecule has 1 nitrogen and oxygen atoms in total. The Labute approximate surface area is 102 Å². The summed E-state index contributed by atoms with van der Waals surface area (Å²) in [6.07, 6.45) is 0. The van der Waals surface area contributed by atoms with Gasteiger partial charge in [0.1, 0.15) is 0 Å². The predicted molar refractivity (Wildman–Crippen MR) is 42.2 cm³/mol. The summed E-state index contributed by atoms with van der Waals surface area (Å²) >= 11 is 0. The fourth-order valence-corrected chi connectivity index (χ4v) is 1.11. The normalized spacial score (nSPS) is 8.62. The van der Waals surface area contributed by atoms with E-state index in [1.165, 1.54) is 0 Å². The van der Waals surface area contributed by atoms with Crippen molar-refractivity contribution in [3.63, 3.8) is 0 Å². The Balaban J connectivity index is 0.000000720. The predicted octanol–water partition coefficient (Wildman–Crippen LogP) is -4.28. The summed E-state index contributed by atoms with van der Waals surface area (Å²) in [6, 6.07) is 13.7. The van der Waals surface area contributed by atoms with Gasteiger partial charge in [0.15, 0.2) is 0 Å². The van der Waals surface area contributed by atoms with Crippen molar-refractivity contribution in [1.29, 1.82) is 0 Å². The minimum Gasteiger partial charge on any atom is -0.891 e. The van der Waals surface area contributed by atoms with Crippen LogP contribution in [0.1, 0.15) is 0 Å². The van der Waals surface area contributed by atoms with Crippen molar-refractivity contribution in [1.82, 2.24) is 0 Å². The van der Waals surface area contributed by atoms with Gasteiger partial charge in [-0.15, -0.1) is 16.8 Å². The van der Waals surface area contributed by atoms with Crippen molar-refractivity contribution < 1.29 is 42.8 Å². The summed E-state index contributed by atoms with van der Waals surface area (Å²) in [6.45, 7) is 0. The molecule has 0 unspecified atom stereocenters. The Morgan fingerprint density at radius 3 is 2.31 bits per heavy atom. The SMILES string of the molecule is [Li+].[Li+].[O-]c1[c-]cc2ccccc2c1. The Morgan fingerprint density at radius 2 is 1.62 bits per heavy atom. The maximum Gasteiger partial charge on any atom is 1.00 e. The fourth-order valence-electron chi connectivity index (χ4n) is 1.11. The van der Waals surface area contributed by atoms with Gasteiger partial charge >= 0.3 is 37.7 Å². The average Bonchev–Trinajstić information content (AvgIpc) is 2.04. The summed E-state index contributed by atoms with van der Waals surface area (Å²) in [5.41, 5.74) is 0. The van der Waals surface area contributed by atoms with Gasteiger partial charge in [0.2, 0.25) is 0 Å². The van der Waals surface area contributed by atoms with Crippen LogP contribution in [-0.2, 0) is 0 Å². The molecule has 0 radical (unpaired) electrons. The molecule has 0 aliphatic heterocycles. The van der Waals surface area contributed by atoms with Gasteiger partial charge in [-0.05, 0) is 0 Å². The molecule has 0 spiro atoms. The van der Waals surface area contributed by atoms with Crippen LogP contribution in [-0.4, -0.2) is 0 Å². The van der Waals surface area contributed by atoms with Gasteiger partial charge in [0.05, 0.1) is 0 Å². The molecule has 54 valence electrons. The zero-order chi connectivity index (χ0) is 7.68. The van der Waals surface area contributed by atoms with E-state index < -0.39 is 0 Å². The first-order chi connectivity index (χ1) is 5.36. The van der Waals surface area contributed by atoms with Gasteiger partial charge in [0.25, 0.3) is 0 Å². The van der Waals surface area contributed by atoms with Crippen molar-refractivity contribution in [2.75, 3.05) is 0 Å². The van der Waals surface area contributed by atoms with Crippen LogP contribution < -0.4 is 42.8 Å². The van der Waals surface area contributed by atoms with Crippen molar-refractivity contribution in [3.8, 4) is 5.75 Å². The smallest absolute Gasteiger partial charge is 0.891 e. The maximum atomic E-state index is 10.8. The summed E-state index contributed by atoms with van der Waals surface area (Å²) in [5, 5.41) is 12.9. The Hall–Kier alpha value is -0.305. The second-order valence-corrected chi connectivity index (χ2v) is 2.43. The van der Waals surface area contributed by atoms with Gasteiger partial charge in [-0.3, -0.25) is 0 Å². The maximum absolute atomic E-state index is 10.8. The van der Waals surface area contributed by atoms with Crippen molar-refractivity contribution in [3.05, 3.63) is 42.5 Å². The molecule has 0 bridgehead atoms. The summed E-state index contributed by atoms with van der Waals surface area (Å²) in [5.74, 6) is -0.0521. The largest absolute Gasteiger partial charge is 1.00 e. The van der Waals surface area contributed by atoms with Gasteiger partial charge in [0, 0.05) is 0 Å². The number of hydrogen-bond acceptors (Lipinski definition) is 1. The molecule has 13 heavy (non-hydrogen) atoms. The Kier molecular flexibility index (Phi) is 5.30. The molecule has 0 aliphatic rings. The molecule has 3 heteroatoms. The van der Waals surface area contributed by atoms with Gasteiger partial charge in [-0.1, -0.05) is 18.2 Å². The monoisotopic (exact) mass is 156 g/mol. The average molecular weight is 156 g/mol. The number of hydrogen-bond donors (Lipinski definition) is 0. The molecule has 0 atom stereocenters. The quantitative estimate of drug-likeness (QED) is 0.279. The second-order valence-electron chi connectivity index (χ2n) is 2.43. The molecule has 2 rings (SSSR count). The standard InChI is InChI=1S/C10H7O.2Li/c11-10-6-5-8-3-1-2-4-9(8)7-10;;/h1-5,7,11H;;/q-1;2*+1/p-1. The first-order valence-electron chi connectivity index (χ1n) is 3.44. The van der Waals surface area contributed by atoms with E-state index in [1.54, 1.807) is 12.1 Å². The van der Waals surface area contributed by atoms with Crippen LogP contribution in [0.4, 0.5) is 0 Å². The molecule has 0 saturated heterocycles. The minimum absolute atomic E-state index is 0. The van der Waals surface area contributed by atoms with Crippen LogP contribution in [0.3, 0.4) is 0 Å². The molecule has 0 fully saturated rings. The van der Waals surface area contributed by atoms with E-state index in [2.05, 4.69) is 6.07 Å². The third-order valence-electron chi connectivity index (χ3n) is 1.65. The summed E-state index contributed by atoms with van der Waals surface area (Å²) in [7, 11) is 0. The van der Waals surface area contributed by atoms with E-state index in [0.29, 0.717) is 0 Å². The number of fused-ring (bicyclic) bond motifs is 1. The van der Waals surface area contributed by atoms with Gasteiger partial charge in [-0.2, -0.15) is 18.2 Å². The molecule has 2 aromatic rings. The van der Waals surface area contributed by atoms with Crippen LogP contribution in [0.25, 0.3) is 10.8 Å². The third-order valence-corrected chi connectivity index (χ3v) is 1.65. The molecule has 0 aromatic heterocycles. The molecule has 2 aromatic carbocycles. The second kappa shape index (κ2) is 5.43. The van der Waals surface area contributed by atoms with Crippen molar-refractivity contribution in [2.45, 2.75) is 0 Å².